The van der Waals surface area contributed by atoms with Crippen molar-refractivity contribution >= 4 is 11.9 Å². The molecule has 34 heavy (non-hydrogen) atoms. The van der Waals surface area contributed by atoms with Gasteiger partial charge in [0.25, 0.3) is 11.8 Å². The molecule has 4 rings (SSSR count). The number of amides is 1. The van der Waals surface area contributed by atoms with Gasteiger partial charge in [0.1, 0.15) is 11.9 Å². The number of rotatable bonds is 5. The summed E-state index contributed by atoms with van der Waals surface area (Å²) in [7, 11) is 0. The number of hydrogen-bond acceptors (Lipinski definition) is 6. The second kappa shape index (κ2) is 8.88. The molecule has 1 fully saturated rings. The van der Waals surface area contributed by atoms with E-state index in [0.29, 0.717) is 12.4 Å². The van der Waals surface area contributed by atoms with Gasteiger partial charge in [0.05, 0.1) is 16.7 Å². The maximum Gasteiger partial charge on any atom is 0.419 e. The van der Waals surface area contributed by atoms with Gasteiger partial charge in [-0.3, -0.25) is 4.79 Å². The van der Waals surface area contributed by atoms with Crippen LogP contribution in [-0.2, 0) is 6.18 Å². The lowest BCUT2D eigenvalue weighted by molar-refractivity contribution is -0.138. The van der Waals surface area contributed by atoms with E-state index in [0.717, 1.165) is 11.0 Å². The normalized spacial score (nSPS) is 17.6. The summed E-state index contributed by atoms with van der Waals surface area (Å²) in [6.45, 7) is -0.867. The monoisotopic (exact) mass is 482 g/mol. The fraction of sp³-hybridized carbons (Fsp3) is 0.286. The van der Waals surface area contributed by atoms with E-state index in [4.69, 9.17) is 0 Å². The Morgan fingerprint density at radius 2 is 1.76 bits per heavy atom. The molecule has 0 aliphatic carbocycles. The predicted molar refractivity (Wildman–Crippen MR) is 107 cm³/mol. The molecule has 1 aliphatic rings. The Morgan fingerprint density at radius 3 is 2.41 bits per heavy atom. The minimum atomic E-state index is -4.65. The van der Waals surface area contributed by atoms with Gasteiger partial charge in [0.15, 0.2) is 5.82 Å². The molecule has 1 saturated heterocycles. The minimum absolute atomic E-state index is 0.0808. The van der Waals surface area contributed by atoms with Crippen molar-refractivity contribution < 1.29 is 31.1 Å². The molecule has 1 atom stereocenters. The third-order valence-electron chi connectivity index (χ3n) is 5.28. The van der Waals surface area contributed by atoms with Gasteiger partial charge >= 0.3 is 6.18 Å². The van der Waals surface area contributed by atoms with E-state index in [2.05, 4.69) is 25.3 Å². The number of nitrogens with one attached hydrogen (secondary N) is 1. The Hall–Kier alpha value is -3.77. The molecule has 1 unspecified atom stereocenters. The molecule has 1 aliphatic heterocycles. The van der Waals surface area contributed by atoms with Gasteiger partial charge in [-0.25, -0.2) is 33.1 Å². The molecule has 7 nitrogen and oxygen atoms in total. The largest absolute Gasteiger partial charge is 0.419 e. The fourth-order valence-corrected chi connectivity index (χ4v) is 3.59. The molecule has 178 valence electrons. The van der Waals surface area contributed by atoms with Crippen LogP contribution >= 0.6 is 0 Å². The van der Waals surface area contributed by atoms with Crippen LogP contribution < -0.4 is 5.32 Å². The zero-order chi connectivity index (χ0) is 24.5. The van der Waals surface area contributed by atoms with Crippen molar-refractivity contribution in [1.82, 2.24) is 24.8 Å². The highest BCUT2D eigenvalue weighted by atomic mass is 19.4. The molecular weight excluding hydrogens is 466 g/mol. The van der Waals surface area contributed by atoms with E-state index >= 15 is 0 Å². The molecule has 0 saturated carbocycles. The lowest BCUT2D eigenvalue weighted by Crippen LogP contribution is -2.47. The van der Waals surface area contributed by atoms with E-state index in [-0.39, 0.29) is 29.4 Å². The molecular formula is C21H16F6N6O. The van der Waals surface area contributed by atoms with Crippen LogP contribution in [0.25, 0.3) is 11.4 Å². The number of benzene rings is 1. The highest BCUT2D eigenvalue weighted by molar-refractivity contribution is 6.00. The van der Waals surface area contributed by atoms with E-state index in [9.17, 15) is 31.1 Å². The number of hydrogen-bond donors (Lipinski definition) is 1. The van der Waals surface area contributed by atoms with E-state index in [1.165, 1.54) is 30.6 Å². The van der Waals surface area contributed by atoms with Gasteiger partial charge in [-0.2, -0.15) is 13.2 Å². The molecule has 1 aromatic carbocycles. The molecule has 0 spiro atoms. The smallest absolute Gasteiger partial charge is 0.352 e. The maximum absolute atomic E-state index is 14.6. The Bertz CT molecular complexity index is 1170. The number of anilines is 1. The van der Waals surface area contributed by atoms with Crippen LogP contribution in [0, 0.1) is 5.82 Å². The van der Waals surface area contributed by atoms with Gasteiger partial charge in [-0.1, -0.05) is 6.07 Å². The van der Waals surface area contributed by atoms with E-state index in [1.807, 2.05) is 0 Å². The summed E-state index contributed by atoms with van der Waals surface area (Å²) in [4.78, 5) is 29.0. The van der Waals surface area contributed by atoms with Crippen molar-refractivity contribution in [3.63, 3.8) is 0 Å². The van der Waals surface area contributed by atoms with Crippen molar-refractivity contribution in [2.24, 2.45) is 0 Å². The summed E-state index contributed by atoms with van der Waals surface area (Å²) in [5.41, 5.74) is -1.51. The van der Waals surface area contributed by atoms with Gasteiger partial charge in [-0.05, 0) is 18.2 Å². The summed E-state index contributed by atoms with van der Waals surface area (Å²) < 4.78 is 81.9. The van der Waals surface area contributed by atoms with Crippen molar-refractivity contribution in [2.75, 3.05) is 18.4 Å². The minimum Gasteiger partial charge on any atom is -0.352 e. The van der Waals surface area contributed by atoms with Crippen molar-refractivity contribution in [3.8, 4) is 11.4 Å². The SMILES string of the molecule is O=C(c1cccc(F)c1-c1ncccn1)N1CCC(F)(F)C1CNc1ncc(C(F)(F)F)cn1. The van der Waals surface area contributed by atoms with Gasteiger partial charge < -0.3 is 10.2 Å². The van der Waals surface area contributed by atoms with Gasteiger partial charge in [-0.15, -0.1) is 0 Å². The van der Waals surface area contributed by atoms with Crippen molar-refractivity contribution in [2.45, 2.75) is 24.6 Å². The molecule has 3 heterocycles. The highest BCUT2D eigenvalue weighted by Crippen LogP contribution is 2.36. The predicted octanol–water partition coefficient (Wildman–Crippen LogP) is 4.05. The zero-order valence-corrected chi connectivity index (χ0v) is 17.2. The molecule has 0 bridgehead atoms. The standard InChI is InChI=1S/C21H16F6N6O/c22-14-4-1-3-13(16(14)17-28-6-2-7-29-17)18(34)33-8-5-20(23,24)15(33)11-32-19-30-9-12(10-31-19)21(25,26)27/h1-4,6-7,9-10,15H,5,8,11H2,(H,30,31,32). The Morgan fingerprint density at radius 1 is 1.09 bits per heavy atom. The Labute approximate surface area is 188 Å². The number of carbonyl (C=O) groups excluding carboxylic acids is 1. The summed E-state index contributed by atoms with van der Waals surface area (Å²) in [6.07, 6.45) is -1.56. The lowest BCUT2D eigenvalue weighted by Gasteiger charge is -2.28. The topological polar surface area (TPSA) is 83.9 Å². The number of carbonyl (C=O) groups is 1. The molecule has 2 aromatic heterocycles. The molecule has 1 amide bonds. The van der Waals surface area contributed by atoms with Gasteiger partial charge in [0.2, 0.25) is 5.95 Å². The molecule has 1 N–H and O–H groups in total. The third kappa shape index (κ3) is 4.63. The number of alkyl halides is 5. The van der Waals surface area contributed by atoms with E-state index < -0.39 is 48.4 Å². The number of halogens is 6. The number of nitrogens with zero attached hydrogens (tertiary/aromatic N) is 5. The summed E-state index contributed by atoms with van der Waals surface area (Å²) >= 11 is 0. The third-order valence-corrected chi connectivity index (χ3v) is 5.28. The van der Waals surface area contributed by atoms with Crippen LogP contribution in [0.5, 0.6) is 0 Å². The quantitative estimate of drug-likeness (QED) is 0.553. The summed E-state index contributed by atoms with van der Waals surface area (Å²) in [5, 5.41) is 2.45. The fourth-order valence-electron chi connectivity index (χ4n) is 3.59. The first-order chi connectivity index (χ1) is 16.1. The number of aromatic nitrogens is 4. The molecule has 3 aromatic rings. The lowest BCUT2D eigenvalue weighted by atomic mass is 10.0. The Balaban J connectivity index is 1.58. The van der Waals surface area contributed by atoms with Crippen LogP contribution in [0.3, 0.4) is 0 Å². The first-order valence-electron chi connectivity index (χ1n) is 9.96. The summed E-state index contributed by atoms with van der Waals surface area (Å²) in [5.74, 6) is -5.37. The van der Waals surface area contributed by atoms with Gasteiger partial charge in [0, 0.05) is 44.3 Å². The zero-order valence-electron chi connectivity index (χ0n) is 17.2. The molecule has 0 radical (unpaired) electrons. The number of likely N-dealkylation sites (tertiary alicyclic amines) is 1. The second-order valence-corrected chi connectivity index (χ2v) is 7.43. The van der Waals surface area contributed by atoms with Crippen molar-refractivity contribution in [1.29, 1.82) is 0 Å². The Kier molecular flexibility index (Phi) is 6.11. The second-order valence-electron chi connectivity index (χ2n) is 7.43. The highest BCUT2D eigenvalue weighted by Gasteiger charge is 2.51. The molecule has 13 heteroatoms. The first kappa shape index (κ1) is 23.4. The van der Waals surface area contributed by atoms with Crippen LogP contribution in [0.4, 0.5) is 32.3 Å². The van der Waals surface area contributed by atoms with Crippen LogP contribution in [0.1, 0.15) is 22.3 Å². The van der Waals surface area contributed by atoms with Crippen LogP contribution in [0.15, 0.2) is 49.1 Å². The average Bonchev–Trinajstić information content (AvgIpc) is 3.11. The van der Waals surface area contributed by atoms with Crippen LogP contribution in [-0.4, -0.2) is 55.8 Å². The van der Waals surface area contributed by atoms with E-state index in [1.54, 1.807) is 0 Å². The summed E-state index contributed by atoms with van der Waals surface area (Å²) in [6, 6.07) is 3.47. The van der Waals surface area contributed by atoms with Crippen molar-refractivity contribution in [3.05, 3.63) is 66.0 Å². The maximum atomic E-state index is 14.6. The van der Waals surface area contributed by atoms with Crippen LogP contribution in [0.2, 0.25) is 0 Å². The first-order valence-corrected chi connectivity index (χ1v) is 9.96. The average molecular weight is 482 g/mol.